The molecule has 0 saturated carbocycles. The van der Waals surface area contributed by atoms with Gasteiger partial charge in [0, 0.05) is 17.2 Å². The number of ether oxygens (including phenoxy) is 1. The van der Waals surface area contributed by atoms with Gasteiger partial charge in [-0.25, -0.2) is 4.79 Å². The molecular weight excluding hydrogens is 306 g/mol. The molecule has 0 fully saturated rings. The molecule has 0 saturated heterocycles. The van der Waals surface area contributed by atoms with E-state index in [2.05, 4.69) is 10.3 Å². The molecule has 0 aliphatic rings. The predicted molar refractivity (Wildman–Crippen MR) is 95.7 cm³/mol. The Kier molecular flexibility index (Phi) is 7.17. The number of hydrogen-bond donors (Lipinski definition) is 2. The second kappa shape index (κ2) is 8.86. The van der Waals surface area contributed by atoms with Gasteiger partial charge in [-0.15, -0.1) is 0 Å². The Bertz CT molecular complexity index is 629. The Morgan fingerprint density at radius 2 is 1.88 bits per heavy atom. The molecule has 1 aromatic carbocycles. The number of amidine groups is 1. The van der Waals surface area contributed by atoms with E-state index >= 15 is 0 Å². The number of esters is 1. The molecule has 0 aliphatic carbocycles. The third-order valence-corrected chi connectivity index (χ3v) is 3.08. The molecule has 0 aliphatic heterocycles. The molecule has 0 bridgehead atoms. The predicted octanol–water partition coefficient (Wildman–Crippen LogP) is 2.52. The number of nitrogens with zero attached hydrogens (tertiary/aromatic N) is 1. The van der Waals surface area contributed by atoms with Crippen LogP contribution in [0.4, 0.5) is 5.69 Å². The standard InChI is InChI=1S/C18H25N3O3/c1-5-24-17(23)14(19)11-16(20-12-15(22)18(2,3)4)21-13-9-7-6-8-10-13/h6-11H,5,12,19H2,1-4H3,(H,20,21). The molecule has 130 valence electrons. The molecule has 0 heterocycles. The maximum absolute atomic E-state index is 12.1. The first-order chi connectivity index (χ1) is 11.2. The van der Waals surface area contributed by atoms with E-state index in [-0.39, 0.29) is 24.6 Å². The zero-order valence-corrected chi connectivity index (χ0v) is 14.6. The highest BCUT2D eigenvalue weighted by atomic mass is 16.5. The average Bonchev–Trinajstić information content (AvgIpc) is 2.52. The quantitative estimate of drug-likeness (QED) is 0.361. The van der Waals surface area contributed by atoms with Gasteiger partial charge >= 0.3 is 5.97 Å². The lowest BCUT2D eigenvalue weighted by atomic mass is 9.91. The zero-order chi connectivity index (χ0) is 18.2. The van der Waals surface area contributed by atoms with Gasteiger partial charge in [-0.2, -0.15) is 0 Å². The summed E-state index contributed by atoms with van der Waals surface area (Å²) in [6.45, 7) is 7.41. The lowest BCUT2D eigenvalue weighted by molar-refractivity contribution is -0.138. The molecule has 0 unspecified atom stereocenters. The number of benzene rings is 1. The Labute approximate surface area is 142 Å². The molecule has 1 aromatic rings. The topological polar surface area (TPSA) is 93.8 Å². The number of nitrogens with two attached hydrogens (primary N) is 1. The van der Waals surface area contributed by atoms with Gasteiger partial charge in [-0.1, -0.05) is 39.0 Å². The van der Waals surface area contributed by atoms with E-state index in [4.69, 9.17) is 10.5 Å². The van der Waals surface area contributed by atoms with E-state index in [1.54, 1.807) is 6.92 Å². The highest BCUT2D eigenvalue weighted by Gasteiger charge is 2.20. The highest BCUT2D eigenvalue weighted by Crippen LogP contribution is 2.14. The molecule has 0 spiro atoms. The molecule has 0 aromatic heterocycles. The summed E-state index contributed by atoms with van der Waals surface area (Å²) in [6.07, 6.45) is 1.38. The van der Waals surface area contributed by atoms with Crippen LogP contribution in [0.25, 0.3) is 0 Å². The second-order valence-electron chi connectivity index (χ2n) is 6.19. The van der Waals surface area contributed by atoms with E-state index in [1.807, 2.05) is 51.1 Å². The van der Waals surface area contributed by atoms with Crippen molar-refractivity contribution in [2.45, 2.75) is 27.7 Å². The minimum atomic E-state index is -0.623. The van der Waals surface area contributed by atoms with Gasteiger partial charge in [0.25, 0.3) is 0 Å². The van der Waals surface area contributed by atoms with Crippen LogP contribution < -0.4 is 11.1 Å². The van der Waals surface area contributed by atoms with Crippen LogP contribution in [0.5, 0.6) is 0 Å². The summed E-state index contributed by atoms with van der Waals surface area (Å²) in [5.74, 6) is -0.315. The van der Waals surface area contributed by atoms with Gasteiger partial charge in [-0.3, -0.25) is 9.79 Å². The highest BCUT2D eigenvalue weighted by molar-refractivity contribution is 6.08. The van der Waals surface area contributed by atoms with Crippen molar-refractivity contribution in [3.63, 3.8) is 0 Å². The monoisotopic (exact) mass is 331 g/mol. The molecular formula is C18H25N3O3. The van der Waals surface area contributed by atoms with Gasteiger partial charge in [-0.05, 0) is 19.1 Å². The Hall–Kier alpha value is -2.63. The second-order valence-corrected chi connectivity index (χ2v) is 6.19. The van der Waals surface area contributed by atoms with Crippen LogP contribution in [0.2, 0.25) is 0 Å². The first-order valence-corrected chi connectivity index (χ1v) is 7.78. The third-order valence-electron chi connectivity index (χ3n) is 3.08. The molecule has 0 amide bonds. The van der Waals surface area contributed by atoms with E-state index in [0.717, 1.165) is 5.69 Å². The lowest BCUT2D eigenvalue weighted by Crippen LogP contribution is -2.24. The lowest BCUT2D eigenvalue weighted by Gasteiger charge is -2.15. The minimum Gasteiger partial charge on any atom is -0.461 e. The molecule has 1 rings (SSSR count). The summed E-state index contributed by atoms with van der Waals surface area (Å²) >= 11 is 0. The summed E-state index contributed by atoms with van der Waals surface area (Å²) in [5, 5.41) is 3.05. The Balaban J connectivity index is 3.00. The number of anilines is 1. The van der Waals surface area contributed by atoms with Crippen molar-refractivity contribution in [1.82, 2.24) is 0 Å². The van der Waals surface area contributed by atoms with Crippen molar-refractivity contribution in [1.29, 1.82) is 0 Å². The SMILES string of the molecule is CCOC(=O)C(N)=CC(=NCC(=O)C(C)(C)C)Nc1ccccc1. The number of Topliss-reactive ketones (excluding diaryl/α,β-unsaturated/α-hetero) is 1. The first kappa shape index (κ1) is 19.4. The normalized spacial score (nSPS) is 12.7. The van der Waals surface area contributed by atoms with E-state index in [9.17, 15) is 9.59 Å². The van der Waals surface area contributed by atoms with Crippen LogP contribution in [0.1, 0.15) is 27.7 Å². The zero-order valence-electron chi connectivity index (χ0n) is 14.6. The average molecular weight is 331 g/mol. The number of carbonyl (C=O) groups excluding carboxylic acids is 2. The summed E-state index contributed by atoms with van der Waals surface area (Å²) in [4.78, 5) is 28.0. The Morgan fingerprint density at radius 3 is 2.42 bits per heavy atom. The number of para-hydroxylation sites is 1. The van der Waals surface area contributed by atoms with Crippen molar-refractivity contribution in [2.75, 3.05) is 18.5 Å². The van der Waals surface area contributed by atoms with Gasteiger partial charge in [0.1, 0.15) is 18.1 Å². The molecule has 3 N–H and O–H groups in total. The molecule has 0 atom stereocenters. The maximum atomic E-state index is 12.1. The maximum Gasteiger partial charge on any atom is 0.354 e. The molecule has 6 heteroatoms. The smallest absolute Gasteiger partial charge is 0.354 e. The minimum absolute atomic E-state index is 0.00866. The van der Waals surface area contributed by atoms with Crippen LogP contribution >= 0.6 is 0 Å². The van der Waals surface area contributed by atoms with Crippen molar-refractivity contribution >= 4 is 23.3 Å². The van der Waals surface area contributed by atoms with Gasteiger partial charge in [0.15, 0.2) is 5.78 Å². The van der Waals surface area contributed by atoms with E-state index in [1.165, 1.54) is 6.08 Å². The molecule has 6 nitrogen and oxygen atoms in total. The number of ketones is 1. The van der Waals surface area contributed by atoms with Crippen molar-refractivity contribution < 1.29 is 14.3 Å². The van der Waals surface area contributed by atoms with Gasteiger partial charge in [0.05, 0.1) is 6.61 Å². The number of rotatable bonds is 6. The summed E-state index contributed by atoms with van der Waals surface area (Å²) in [6, 6.07) is 9.29. The van der Waals surface area contributed by atoms with Crippen molar-refractivity contribution in [3.8, 4) is 0 Å². The van der Waals surface area contributed by atoms with E-state index in [0.29, 0.717) is 5.84 Å². The fourth-order valence-electron chi connectivity index (χ4n) is 1.61. The first-order valence-electron chi connectivity index (χ1n) is 7.78. The summed E-state index contributed by atoms with van der Waals surface area (Å²) in [7, 11) is 0. The molecule has 24 heavy (non-hydrogen) atoms. The number of carbonyl (C=O) groups is 2. The fourth-order valence-corrected chi connectivity index (χ4v) is 1.61. The van der Waals surface area contributed by atoms with Crippen LogP contribution in [-0.4, -0.2) is 30.7 Å². The van der Waals surface area contributed by atoms with Gasteiger partial charge in [0.2, 0.25) is 0 Å². The van der Waals surface area contributed by atoms with Crippen LogP contribution in [0.3, 0.4) is 0 Å². The largest absolute Gasteiger partial charge is 0.461 e. The van der Waals surface area contributed by atoms with Crippen LogP contribution in [0, 0.1) is 5.41 Å². The third kappa shape index (κ3) is 6.64. The van der Waals surface area contributed by atoms with Crippen molar-refractivity contribution in [2.24, 2.45) is 16.1 Å². The Morgan fingerprint density at radius 1 is 1.25 bits per heavy atom. The van der Waals surface area contributed by atoms with Gasteiger partial charge < -0.3 is 15.8 Å². The van der Waals surface area contributed by atoms with E-state index < -0.39 is 11.4 Å². The van der Waals surface area contributed by atoms with Crippen LogP contribution in [-0.2, 0) is 14.3 Å². The number of nitrogens with one attached hydrogen (secondary N) is 1. The van der Waals surface area contributed by atoms with Crippen LogP contribution in [0.15, 0.2) is 47.1 Å². The number of hydrogen-bond acceptors (Lipinski definition) is 5. The van der Waals surface area contributed by atoms with Crippen molar-refractivity contribution in [3.05, 3.63) is 42.1 Å². The molecule has 0 radical (unpaired) electrons. The number of aliphatic imine (C=N–C) groups is 1. The summed E-state index contributed by atoms with van der Waals surface area (Å²) in [5.41, 5.74) is 5.93. The fraction of sp³-hybridized carbons (Fsp3) is 0.389. The summed E-state index contributed by atoms with van der Waals surface area (Å²) < 4.78 is 4.85.